The van der Waals surface area contributed by atoms with Crippen LogP contribution in [0.2, 0.25) is 0 Å². The Morgan fingerprint density at radius 2 is 2.12 bits per heavy atom. The predicted octanol–water partition coefficient (Wildman–Crippen LogP) is 2.77. The summed E-state index contributed by atoms with van der Waals surface area (Å²) in [5.74, 6) is -0.255. The largest absolute Gasteiger partial charge is 0.333 e. The van der Waals surface area contributed by atoms with E-state index in [4.69, 9.17) is 0 Å². The number of pyridine rings is 1. The highest BCUT2D eigenvalue weighted by Crippen LogP contribution is 2.29. The van der Waals surface area contributed by atoms with Crippen molar-refractivity contribution in [2.75, 3.05) is 0 Å². The second-order valence-electron chi connectivity index (χ2n) is 3.89. The maximum Gasteiger partial charge on any atom is 0.133 e. The van der Waals surface area contributed by atoms with Crippen LogP contribution in [-0.2, 0) is 7.05 Å². The van der Waals surface area contributed by atoms with E-state index in [9.17, 15) is 4.39 Å². The van der Waals surface area contributed by atoms with Crippen molar-refractivity contribution < 1.29 is 4.39 Å². The fourth-order valence-corrected chi connectivity index (χ4v) is 2.01. The summed E-state index contributed by atoms with van der Waals surface area (Å²) < 4.78 is 15.8. The quantitative estimate of drug-likeness (QED) is 0.640. The number of aromatic nitrogens is 3. The van der Waals surface area contributed by atoms with Gasteiger partial charge in [0.2, 0.25) is 0 Å². The lowest BCUT2D eigenvalue weighted by molar-refractivity contribution is 0.632. The van der Waals surface area contributed by atoms with Crippen molar-refractivity contribution in [1.29, 1.82) is 0 Å². The van der Waals surface area contributed by atoms with Gasteiger partial charge in [-0.05, 0) is 18.2 Å². The number of benzene rings is 1. The van der Waals surface area contributed by atoms with Gasteiger partial charge in [-0.1, -0.05) is 6.07 Å². The topological polar surface area (TPSA) is 30.7 Å². The summed E-state index contributed by atoms with van der Waals surface area (Å²) in [4.78, 5) is 8.25. The van der Waals surface area contributed by atoms with Crippen LogP contribution in [0.15, 0.2) is 43.0 Å². The summed E-state index contributed by atoms with van der Waals surface area (Å²) in [7, 11) is 1.86. The first-order valence-corrected chi connectivity index (χ1v) is 5.27. The van der Waals surface area contributed by atoms with Crippen molar-refractivity contribution in [3.05, 3.63) is 48.8 Å². The van der Waals surface area contributed by atoms with Gasteiger partial charge in [-0.25, -0.2) is 9.37 Å². The molecular formula is C13H10FN3. The number of hydrogen-bond donors (Lipinski definition) is 0. The van der Waals surface area contributed by atoms with Gasteiger partial charge in [0, 0.05) is 30.6 Å². The fourth-order valence-electron chi connectivity index (χ4n) is 2.01. The van der Waals surface area contributed by atoms with Gasteiger partial charge >= 0.3 is 0 Å². The lowest BCUT2D eigenvalue weighted by Crippen LogP contribution is -1.92. The molecule has 3 nitrogen and oxygen atoms in total. The van der Waals surface area contributed by atoms with E-state index in [1.54, 1.807) is 30.9 Å². The molecule has 0 bridgehead atoms. The highest BCUT2D eigenvalue weighted by atomic mass is 19.1. The van der Waals surface area contributed by atoms with Gasteiger partial charge in [-0.2, -0.15) is 0 Å². The van der Waals surface area contributed by atoms with E-state index in [1.165, 1.54) is 6.07 Å². The van der Waals surface area contributed by atoms with Crippen LogP contribution >= 0.6 is 0 Å². The van der Waals surface area contributed by atoms with Crippen molar-refractivity contribution in [3.63, 3.8) is 0 Å². The molecule has 0 N–H and O–H groups in total. The minimum absolute atomic E-state index is 0.255. The Morgan fingerprint density at radius 1 is 1.24 bits per heavy atom. The van der Waals surface area contributed by atoms with Crippen LogP contribution in [0.4, 0.5) is 4.39 Å². The average molecular weight is 227 g/mol. The number of aryl methyl sites for hydroxylation is 1. The first-order valence-electron chi connectivity index (χ1n) is 5.27. The lowest BCUT2D eigenvalue weighted by atomic mass is 10.1. The van der Waals surface area contributed by atoms with Gasteiger partial charge in [0.1, 0.15) is 5.82 Å². The first-order chi connectivity index (χ1) is 8.27. The van der Waals surface area contributed by atoms with Gasteiger partial charge in [-0.3, -0.25) is 4.98 Å². The number of fused-ring (bicyclic) bond motifs is 1. The Morgan fingerprint density at radius 3 is 2.88 bits per heavy atom. The fraction of sp³-hybridized carbons (Fsp3) is 0.0769. The van der Waals surface area contributed by atoms with E-state index < -0.39 is 0 Å². The molecule has 0 radical (unpaired) electrons. The van der Waals surface area contributed by atoms with E-state index in [0.29, 0.717) is 5.56 Å². The molecule has 3 rings (SSSR count). The molecule has 2 heterocycles. The third-order valence-corrected chi connectivity index (χ3v) is 2.78. The predicted molar refractivity (Wildman–Crippen MR) is 63.9 cm³/mol. The zero-order valence-electron chi connectivity index (χ0n) is 9.26. The van der Waals surface area contributed by atoms with Crippen molar-refractivity contribution in [2.24, 2.45) is 7.05 Å². The Balaban J connectivity index is 2.42. The lowest BCUT2D eigenvalue weighted by Gasteiger charge is -2.06. The number of halogens is 1. The van der Waals surface area contributed by atoms with Gasteiger partial charge in [0.25, 0.3) is 0 Å². The van der Waals surface area contributed by atoms with E-state index in [2.05, 4.69) is 9.97 Å². The maximum absolute atomic E-state index is 14.0. The first kappa shape index (κ1) is 9.96. The van der Waals surface area contributed by atoms with Gasteiger partial charge in [0.15, 0.2) is 0 Å². The summed E-state index contributed by atoms with van der Waals surface area (Å²) in [5.41, 5.74) is 2.89. The summed E-state index contributed by atoms with van der Waals surface area (Å²) in [5, 5.41) is 0. The van der Waals surface area contributed by atoms with Crippen LogP contribution in [0, 0.1) is 5.82 Å². The SMILES string of the molecule is Cn1cnc2ccc(F)c(-c3cccnc3)c21. The van der Waals surface area contributed by atoms with Crippen molar-refractivity contribution >= 4 is 11.0 Å². The zero-order valence-corrected chi connectivity index (χ0v) is 9.26. The molecule has 0 saturated heterocycles. The van der Waals surface area contributed by atoms with Crippen LogP contribution in [-0.4, -0.2) is 14.5 Å². The number of hydrogen-bond acceptors (Lipinski definition) is 2. The Kier molecular flexibility index (Phi) is 2.14. The molecule has 0 unspecified atom stereocenters. The van der Waals surface area contributed by atoms with E-state index in [0.717, 1.165) is 16.6 Å². The molecule has 2 aromatic heterocycles. The molecule has 1 aromatic carbocycles. The molecule has 3 aromatic rings. The second-order valence-corrected chi connectivity index (χ2v) is 3.89. The van der Waals surface area contributed by atoms with Gasteiger partial charge in [-0.15, -0.1) is 0 Å². The van der Waals surface area contributed by atoms with Crippen LogP contribution in [0.5, 0.6) is 0 Å². The number of nitrogens with zero attached hydrogens (tertiary/aromatic N) is 3. The Hall–Kier alpha value is -2.23. The summed E-state index contributed by atoms with van der Waals surface area (Å²) >= 11 is 0. The van der Waals surface area contributed by atoms with Gasteiger partial charge in [0.05, 0.1) is 17.4 Å². The molecule has 4 heteroatoms. The van der Waals surface area contributed by atoms with Gasteiger partial charge < -0.3 is 4.57 Å². The normalized spacial score (nSPS) is 10.9. The van der Waals surface area contributed by atoms with Crippen molar-refractivity contribution in [1.82, 2.24) is 14.5 Å². The molecule has 17 heavy (non-hydrogen) atoms. The highest BCUT2D eigenvalue weighted by Gasteiger charge is 2.13. The standard InChI is InChI=1S/C13H10FN3/c1-17-8-16-11-5-4-10(14)12(13(11)17)9-3-2-6-15-7-9/h2-8H,1H3. The number of rotatable bonds is 1. The van der Waals surface area contributed by atoms with Crippen molar-refractivity contribution in [3.8, 4) is 11.1 Å². The summed E-state index contributed by atoms with van der Waals surface area (Å²) in [6.07, 6.45) is 5.01. The smallest absolute Gasteiger partial charge is 0.133 e. The minimum atomic E-state index is -0.255. The molecular weight excluding hydrogens is 217 g/mol. The number of imidazole rings is 1. The van der Waals surface area contributed by atoms with Crippen molar-refractivity contribution in [2.45, 2.75) is 0 Å². The van der Waals surface area contributed by atoms with Crippen LogP contribution in [0.25, 0.3) is 22.2 Å². The Labute approximate surface area is 97.6 Å². The molecule has 0 amide bonds. The van der Waals surface area contributed by atoms with Crippen LogP contribution in [0.1, 0.15) is 0 Å². The maximum atomic E-state index is 14.0. The molecule has 0 aliphatic carbocycles. The van der Waals surface area contributed by atoms with E-state index in [-0.39, 0.29) is 5.82 Å². The minimum Gasteiger partial charge on any atom is -0.333 e. The van der Waals surface area contributed by atoms with E-state index in [1.807, 2.05) is 17.7 Å². The molecule has 0 aliphatic rings. The van der Waals surface area contributed by atoms with Crippen LogP contribution in [0.3, 0.4) is 0 Å². The molecule has 0 fully saturated rings. The highest BCUT2D eigenvalue weighted by molar-refractivity contribution is 5.92. The van der Waals surface area contributed by atoms with Crippen LogP contribution < -0.4 is 0 Å². The average Bonchev–Trinajstić information content (AvgIpc) is 2.73. The Bertz CT molecular complexity index is 674. The third-order valence-electron chi connectivity index (χ3n) is 2.78. The molecule has 0 saturated carbocycles. The molecule has 0 atom stereocenters. The molecule has 0 aliphatic heterocycles. The monoisotopic (exact) mass is 227 g/mol. The molecule has 0 spiro atoms. The third kappa shape index (κ3) is 1.49. The van der Waals surface area contributed by atoms with E-state index >= 15 is 0 Å². The molecule has 84 valence electrons. The second kappa shape index (κ2) is 3.66. The summed E-state index contributed by atoms with van der Waals surface area (Å²) in [6, 6.07) is 6.77. The zero-order chi connectivity index (χ0) is 11.8. The summed E-state index contributed by atoms with van der Waals surface area (Å²) in [6.45, 7) is 0.